The minimum absolute atomic E-state index is 0.0593. The van der Waals surface area contributed by atoms with Crippen LogP contribution in [0.1, 0.15) is 31.7 Å². The maximum atomic E-state index is 11.8. The van der Waals surface area contributed by atoms with Crippen molar-refractivity contribution in [2.75, 3.05) is 18.8 Å². The van der Waals surface area contributed by atoms with Crippen LogP contribution in [0.15, 0.2) is 30.3 Å². The minimum Gasteiger partial charge on any atom is -0.298 e. The number of hydrogen-bond donors (Lipinski definition) is 1. The van der Waals surface area contributed by atoms with Gasteiger partial charge in [0.2, 0.25) is 10.0 Å². The van der Waals surface area contributed by atoms with E-state index in [1.165, 1.54) is 5.56 Å². The van der Waals surface area contributed by atoms with Crippen molar-refractivity contribution in [3.8, 4) is 0 Å². The summed E-state index contributed by atoms with van der Waals surface area (Å²) in [5.74, 6) is 0.224. The number of sulfonamides is 1. The molecule has 0 bridgehead atoms. The lowest BCUT2D eigenvalue weighted by Gasteiger charge is -2.33. The molecule has 5 heteroatoms. The summed E-state index contributed by atoms with van der Waals surface area (Å²) in [7, 11) is -3.10. The maximum absolute atomic E-state index is 11.8. The van der Waals surface area contributed by atoms with Gasteiger partial charge in [-0.1, -0.05) is 37.3 Å². The summed E-state index contributed by atoms with van der Waals surface area (Å²) < 4.78 is 26.5. The Bertz CT molecular complexity index is 502. The fourth-order valence-corrected chi connectivity index (χ4v) is 4.07. The predicted molar refractivity (Wildman–Crippen MR) is 82.0 cm³/mol. The molecule has 2 rings (SSSR count). The zero-order valence-corrected chi connectivity index (χ0v) is 12.9. The van der Waals surface area contributed by atoms with Crippen molar-refractivity contribution in [1.29, 1.82) is 0 Å². The van der Waals surface area contributed by atoms with Crippen LogP contribution in [0, 0.1) is 0 Å². The second-order valence-electron chi connectivity index (χ2n) is 5.50. The van der Waals surface area contributed by atoms with Crippen molar-refractivity contribution in [3.05, 3.63) is 35.9 Å². The van der Waals surface area contributed by atoms with E-state index in [2.05, 4.69) is 21.8 Å². The van der Waals surface area contributed by atoms with E-state index in [4.69, 9.17) is 0 Å². The molecular weight excluding hydrogens is 272 g/mol. The van der Waals surface area contributed by atoms with Gasteiger partial charge in [-0.2, -0.15) is 0 Å². The molecule has 0 spiro atoms. The summed E-state index contributed by atoms with van der Waals surface area (Å²) in [5.41, 5.74) is 1.28. The van der Waals surface area contributed by atoms with Crippen molar-refractivity contribution in [1.82, 2.24) is 9.62 Å². The summed E-state index contributed by atoms with van der Waals surface area (Å²) in [6.07, 6.45) is 2.65. The first-order valence-corrected chi connectivity index (χ1v) is 9.00. The molecule has 1 aliphatic heterocycles. The molecule has 1 atom stereocenters. The summed E-state index contributed by atoms with van der Waals surface area (Å²) in [6.45, 7) is 4.63. The van der Waals surface area contributed by atoms with E-state index < -0.39 is 10.0 Å². The lowest BCUT2D eigenvalue weighted by molar-refractivity contribution is 0.194. The average molecular weight is 296 g/mol. The molecule has 0 aliphatic carbocycles. The second-order valence-corrected chi connectivity index (χ2v) is 7.37. The van der Waals surface area contributed by atoms with Crippen LogP contribution in [0.4, 0.5) is 0 Å². The molecule has 1 aromatic rings. The van der Waals surface area contributed by atoms with Crippen LogP contribution < -0.4 is 4.72 Å². The molecule has 0 radical (unpaired) electrons. The molecule has 1 heterocycles. The minimum atomic E-state index is -3.10. The number of nitrogens with zero attached hydrogens (tertiary/aromatic N) is 1. The van der Waals surface area contributed by atoms with Gasteiger partial charge in [0.05, 0.1) is 5.75 Å². The van der Waals surface area contributed by atoms with Gasteiger partial charge in [0.15, 0.2) is 0 Å². The Hall–Kier alpha value is -0.910. The highest BCUT2D eigenvalue weighted by Gasteiger charge is 2.23. The molecule has 1 N–H and O–H groups in total. The number of likely N-dealkylation sites (tertiary alicyclic amines) is 1. The van der Waals surface area contributed by atoms with Gasteiger partial charge in [0.1, 0.15) is 0 Å². The third-order valence-corrected chi connectivity index (χ3v) is 5.21. The molecule has 20 heavy (non-hydrogen) atoms. The van der Waals surface area contributed by atoms with Crippen LogP contribution in [0.2, 0.25) is 0 Å². The van der Waals surface area contributed by atoms with Gasteiger partial charge in [-0.3, -0.25) is 4.90 Å². The first-order chi connectivity index (χ1) is 9.59. The fourth-order valence-electron chi connectivity index (χ4n) is 2.72. The van der Waals surface area contributed by atoms with Crippen LogP contribution in [0.5, 0.6) is 0 Å². The molecular formula is C15H24N2O2S. The molecule has 1 unspecified atom stereocenters. The summed E-state index contributed by atoms with van der Waals surface area (Å²) in [4.78, 5) is 2.33. The molecule has 1 fully saturated rings. The zero-order chi connectivity index (χ0) is 14.4. The molecule has 1 aromatic carbocycles. The molecule has 0 aromatic heterocycles. The van der Waals surface area contributed by atoms with Gasteiger partial charge < -0.3 is 0 Å². The van der Waals surface area contributed by atoms with Gasteiger partial charge in [0.25, 0.3) is 0 Å². The van der Waals surface area contributed by atoms with E-state index >= 15 is 0 Å². The lowest BCUT2D eigenvalue weighted by atomic mass is 10.1. The van der Waals surface area contributed by atoms with E-state index in [-0.39, 0.29) is 11.8 Å². The highest BCUT2D eigenvalue weighted by Crippen LogP contribution is 2.14. The molecule has 0 saturated carbocycles. The van der Waals surface area contributed by atoms with Crippen LogP contribution in [-0.4, -0.2) is 38.2 Å². The largest absolute Gasteiger partial charge is 0.298 e. The van der Waals surface area contributed by atoms with Crippen LogP contribution in [0.25, 0.3) is 0 Å². The predicted octanol–water partition coefficient (Wildman–Crippen LogP) is 1.98. The van der Waals surface area contributed by atoms with Crippen molar-refractivity contribution >= 4 is 10.0 Å². The second kappa shape index (κ2) is 7.20. The number of piperidine rings is 1. The molecule has 1 aliphatic rings. The first kappa shape index (κ1) is 15.5. The molecule has 1 saturated heterocycles. The number of nitrogens with one attached hydrogen (secondary N) is 1. The lowest BCUT2D eigenvalue weighted by Crippen LogP contribution is -2.47. The Labute approximate surface area is 122 Å². The standard InChI is InChI=1S/C15H24N2O2S/c1-2-11-20(18,19)16-15-9-6-10-17(13-15)12-14-7-4-3-5-8-14/h3-5,7-8,15-16H,2,6,9-13H2,1H3. The Balaban J connectivity index is 1.89. The van der Waals surface area contributed by atoms with E-state index in [0.717, 1.165) is 32.5 Å². The summed E-state index contributed by atoms with van der Waals surface area (Å²) in [6, 6.07) is 10.4. The highest BCUT2D eigenvalue weighted by atomic mass is 32.2. The van der Waals surface area contributed by atoms with E-state index in [1.54, 1.807) is 0 Å². The third kappa shape index (κ3) is 4.89. The Kier molecular flexibility index (Phi) is 5.57. The van der Waals surface area contributed by atoms with E-state index in [9.17, 15) is 8.42 Å². The molecule has 112 valence electrons. The van der Waals surface area contributed by atoms with Crippen LogP contribution in [0.3, 0.4) is 0 Å². The average Bonchev–Trinajstić information content (AvgIpc) is 2.39. The monoisotopic (exact) mass is 296 g/mol. The Morgan fingerprint density at radius 1 is 1.30 bits per heavy atom. The van der Waals surface area contributed by atoms with Crippen LogP contribution >= 0.6 is 0 Å². The van der Waals surface area contributed by atoms with Gasteiger partial charge >= 0.3 is 0 Å². The quantitative estimate of drug-likeness (QED) is 0.873. The fraction of sp³-hybridized carbons (Fsp3) is 0.600. The smallest absolute Gasteiger partial charge is 0.211 e. The zero-order valence-electron chi connectivity index (χ0n) is 12.1. The van der Waals surface area contributed by atoms with E-state index in [1.807, 2.05) is 25.1 Å². The highest BCUT2D eigenvalue weighted by molar-refractivity contribution is 7.89. The van der Waals surface area contributed by atoms with Crippen molar-refractivity contribution in [2.45, 2.75) is 38.8 Å². The summed E-state index contributed by atoms with van der Waals surface area (Å²) >= 11 is 0. The normalized spacial score (nSPS) is 20.9. The molecule has 0 amide bonds. The van der Waals surface area contributed by atoms with Gasteiger partial charge in [-0.25, -0.2) is 13.1 Å². The SMILES string of the molecule is CCCS(=O)(=O)NC1CCCN(Cc2ccccc2)C1. The number of rotatable bonds is 6. The van der Waals surface area contributed by atoms with Crippen LogP contribution in [-0.2, 0) is 16.6 Å². The summed E-state index contributed by atoms with van der Waals surface area (Å²) in [5, 5.41) is 0. The van der Waals surface area contributed by atoms with Crippen molar-refractivity contribution in [3.63, 3.8) is 0 Å². The maximum Gasteiger partial charge on any atom is 0.211 e. The number of benzene rings is 1. The Morgan fingerprint density at radius 2 is 2.05 bits per heavy atom. The first-order valence-electron chi connectivity index (χ1n) is 7.35. The van der Waals surface area contributed by atoms with Gasteiger partial charge in [-0.05, 0) is 31.4 Å². The number of hydrogen-bond acceptors (Lipinski definition) is 3. The topological polar surface area (TPSA) is 49.4 Å². The van der Waals surface area contributed by atoms with Crippen molar-refractivity contribution < 1.29 is 8.42 Å². The Morgan fingerprint density at radius 3 is 2.75 bits per heavy atom. The van der Waals surface area contributed by atoms with Gasteiger partial charge in [-0.15, -0.1) is 0 Å². The molecule has 4 nitrogen and oxygen atoms in total. The van der Waals surface area contributed by atoms with E-state index in [0.29, 0.717) is 6.42 Å². The van der Waals surface area contributed by atoms with Crippen molar-refractivity contribution in [2.24, 2.45) is 0 Å². The van der Waals surface area contributed by atoms with Gasteiger partial charge in [0, 0.05) is 19.1 Å². The third-order valence-electron chi connectivity index (χ3n) is 3.57.